The first-order chi connectivity index (χ1) is 16.0. The molecule has 1 saturated carbocycles. The number of aliphatic carboxylic acids is 1. The molecule has 0 heterocycles. The first kappa shape index (κ1) is 22.3. The van der Waals surface area contributed by atoms with Crippen molar-refractivity contribution in [2.75, 3.05) is 13.1 Å². The van der Waals surface area contributed by atoms with Gasteiger partial charge >= 0.3 is 5.97 Å². The van der Waals surface area contributed by atoms with Gasteiger partial charge in [0.25, 0.3) is 11.8 Å². The minimum atomic E-state index is -0.776. The number of amides is 2. The highest BCUT2D eigenvalue weighted by molar-refractivity contribution is 5.98. The molecule has 0 unspecified atom stereocenters. The van der Waals surface area contributed by atoms with Gasteiger partial charge in [-0.1, -0.05) is 30.3 Å². The minimum Gasteiger partial charge on any atom is -0.490 e. The summed E-state index contributed by atoms with van der Waals surface area (Å²) < 4.78 is 5.84. The smallest absolute Gasteiger partial charge is 0.306 e. The summed E-state index contributed by atoms with van der Waals surface area (Å²) in [5.41, 5.74) is 1.06. The molecule has 0 aromatic heterocycles. The maximum Gasteiger partial charge on any atom is 0.306 e. The van der Waals surface area contributed by atoms with Gasteiger partial charge < -0.3 is 20.5 Å². The Kier molecular flexibility index (Phi) is 6.88. The van der Waals surface area contributed by atoms with Crippen LogP contribution in [0.4, 0.5) is 0 Å². The van der Waals surface area contributed by atoms with Gasteiger partial charge in [-0.05, 0) is 66.4 Å². The SMILES string of the molecule is O=C(NCCNC(=O)c1ccc2ccccc2c1)c1ccc(O[C@@H]2CC[C@H](C(=O)O)C2)cc1. The van der Waals surface area contributed by atoms with Crippen molar-refractivity contribution in [3.8, 4) is 5.75 Å². The normalized spacial score (nSPS) is 17.5. The molecule has 1 fully saturated rings. The molecule has 1 aliphatic carbocycles. The van der Waals surface area contributed by atoms with Crippen LogP contribution in [0.3, 0.4) is 0 Å². The molecule has 0 bridgehead atoms. The van der Waals surface area contributed by atoms with Gasteiger partial charge in [-0.15, -0.1) is 0 Å². The molecule has 0 saturated heterocycles. The van der Waals surface area contributed by atoms with E-state index in [1.54, 1.807) is 30.3 Å². The molecular formula is C26H26N2O5. The third-order valence-electron chi connectivity index (χ3n) is 5.86. The highest BCUT2D eigenvalue weighted by atomic mass is 16.5. The van der Waals surface area contributed by atoms with E-state index in [-0.39, 0.29) is 23.8 Å². The van der Waals surface area contributed by atoms with Crippen LogP contribution in [-0.4, -0.2) is 42.1 Å². The number of fused-ring (bicyclic) bond motifs is 1. The van der Waals surface area contributed by atoms with Crippen molar-refractivity contribution in [2.45, 2.75) is 25.4 Å². The topological polar surface area (TPSA) is 105 Å². The van der Waals surface area contributed by atoms with Crippen LogP contribution >= 0.6 is 0 Å². The van der Waals surface area contributed by atoms with Gasteiger partial charge in [0, 0.05) is 24.2 Å². The molecule has 7 heteroatoms. The molecule has 0 radical (unpaired) electrons. The zero-order chi connectivity index (χ0) is 23.2. The Balaban J connectivity index is 1.21. The Morgan fingerprint density at radius 2 is 1.45 bits per heavy atom. The molecule has 33 heavy (non-hydrogen) atoms. The highest BCUT2D eigenvalue weighted by Crippen LogP contribution is 2.29. The summed E-state index contributed by atoms with van der Waals surface area (Å²) in [5.74, 6) is -0.935. The molecule has 1 aliphatic rings. The second kappa shape index (κ2) is 10.2. The minimum absolute atomic E-state index is 0.114. The Morgan fingerprint density at radius 1 is 0.818 bits per heavy atom. The molecule has 0 aliphatic heterocycles. The van der Waals surface area contributed by atoms with Gasteiger partial charge in [0.1, 0.15) is 5.75 Å². The predicted molar refractivity (Wildman–Crippen MR) is 124 cm³/mol. The van der Waals surface area contributed by atoms with Gasteiger partial charge in [0.2, 0.25) is 0 Å². The zero-order valence-electron chi connectivity index (χ0n) is 18.1. The number of carbonyl (C=O) groups excluding carboxylic acids is 2. The van der Waals surface area contributed by atoms with E-state index >= 15 is 0 Å². The molecule has 3 aromatic carbocycles. The maximum atomic E-state index is 12.4. The number of ether oxygens (including phenoxy) is 1. The maximum absolute atomic E-state index is 12.4. The molecule has 3 N–H and O–H groups in total. The summed E-state index contributed by atoms with van der Waals surface area (Å²) in [4.78, 5) is 35.8. The molecule has 3 aromatic rings. The van der Waals surface area contributed by atoms with Crippen LogP contribution in [0.1, 0.15) is 40.0 Å². The van der Waals surface area contributed by atoms with Crippen molar-refractivity contribution in [2.24, 2.45) is 5.92 Å². The number of carboxylic acids is 1. The second-order valence-electron chi connectivity index (χ2n) is 8.19. The summed E-state index contributed by atoms with van der Waals surface area (Å²) in [5, 5.41) is 16.8. The van der Waals surface area contributed by atoms with Crippen molar-refractivity contribution in [3.63, 3.8) is 0 Å². The van der Waals surface area contributed by atoms with Crippen molar-refractivity contribution >= 4 is 28.6 Å². The predicted octanol–water partition coefficient (Wildman–Crippen LogP) is 3.63. The van der Waals surface area contributed by atoms with Crippen LogP contribution in [0.5, 0.6) is 5.75 Å². The fourth-order valence-corrected chi connectivity index (χ4v) is 4.04. The third kappa shape index (κ3) is 5.68. The molecule has 0 spiro atoms. The highest BCUT2D eigenvalue weighted by Gasteiger charge is 2.30. The van der Waals surface area contributed by atoms with Gasteiger partial charge in [0.15, 0.2) is 0 Å². The van der Waals surface area contributed by atoms with E-state index in [0.717, 1.165) is 10.8 Å². The van der Waals surface area contributed by atoms with Gasteiger partial charge in [-0.25, -0.2) is 0 Å². The number of nitrogens with one attached hydrogen (secondary N) is 2. The number of carboxylic acid groups (broad SMARTS) is 1. The number of hydrogen-bond donors (Lipinski definition) is 3. The summed E-state index contributed by atoms with van der Waals surface area (Å²) in [7, 11) is 0. The number of hydrogen-bond acceptors (Lipinski definition) is 4. The van der Waals surface area contributed by atoms with E-state index in [4.69, 9.17) is 9.84 Å². The Labute approximate surface area is 191 Å². The van der Waals surface area contributed by atoms with Crippen LogP contribution in [0, 0.1) is 5.92 Å². The Morgan fingerprint density at radius 3 is 2.12 bits per heavy atom. The molecular weight excluding hydrogens is 420 g/mol. The van der Waals surface area contributed by atoms with Crippen LogP contribution in [0.25, 0.3) is 10.8 Å². The number of carbonyl (C=O) groups is 3. The first-order valence-corrected chi connectivity index (χ1v) is 11.0. The Bertz CT molecular complexity index is 1160. The fraction of sp³-hybridized carbons (Fsp3) is 0.269. The van der Waals surface area contributed by atoms with Crippen LogP contribution in [0.15, 0.2) is 66.7 Å². The van der Waals surface area contributed by atoms with Gasteiger partial charge in [-0.2, -0.15) is 0 Å². The van der Waals surface area contributed by atoms with E-state index < -0.39 is 5.97 Å². The fourth-order valence-electron chi connectivity index (χ4n) is 4.04. The summed E-state index contributed by atoms with van der Waals surface area (Å²) in [6.45, 7) is 0.611. The summed E-state index contributed by atoms with van der Waals surface area (Å²) >= 11 is 0. The monoisotopic (exact) mass is 446 g/mol. The molecule has 2 atom stereocenters. The second-order valence-corrected chi connectivity index (χ2v) is 8.19. The molecule has 4 rings (SSSR count). The quantitative estimate of drug-likeness (QED) is 0.459. The van der Waals surface area contributed by atoms with E-state index in [2.05, 4.69) is 10.6 Å². The van der Waals surface area contributed by atoms with Gasteiger partial charge in [-0.3, -0.25) is 14.4 Å². The molecule has 170 valence electrons. The largest absolute Gasteiger partial charge is 0.490 e. The van der Waals surface area contributed by atoms with E-state index in [0.29, 0.717) is 49.2 Å². The number of rotatable bonds is 8. The van der Waals surface area contributed by atoms with Crippen LogP contribution in [-0.2, 0) is 4.79 Å². The van der Waals surface area contributed by atoms with Crippen molar-refractivity contribution in [1.82, 2.24) is 10.6 Å². The van der Waals surface area contributed by atoms with Crippen LogP contribution < -0.4 is 15.4 Å². The molecule has 7 nitrogen and oxygen atoms in total. The summed E-state index contributed by atoms with van der Waals surface area (Å²) in [6.07, 6.45) is 1.72. The van der Waals surface area contributed by atoms with Crippen molar-refractivity contribution in [1.29, 1.82) is 0 Å². The third-order valence-corrected chi connectivity index (χ3v) is 5.86. The summed E-state index contributed by atoms with van der Waals surface area (Å²) in [6, 6.07) is 20.2. The van der Waals surface area contributed by atoms with Crippen molar-refractivity contribution < 1.29 is 24.2 Å². The zero-order valence-corrected chi connectivity index (χ0v) is 18.1. The lowest BCUT2D eigenvalue weighted by atomic mass is 10.1. The standard InChI is InChI=1S/C26H26N2O5/c29-24(18-7-10-22(11-8-18)33-23-12-9-21(16-23)26(31)32)27-13-14-28-25(30)20-6-5-17-3-1-2-4-19(17)15-20/h1-8,10-11,15,21,23H,9,12-14,16H2,(H,27,29)(H,28,30)(H,31,32)/t21-,23+/m0/s1. The lowest BCUT2D eigenvalue weighted by Gasteiger charge is -2.14. The first-order valence-electron chi connectivity index (χ1n) is 11.0. The lowest BCUT2D eigenvalue weighted by molar-refractivity contribution is -0.141. The number of benzene rings is 3. The van der Waals surface area contributed by atoms with Gasteiger partial charge in [0.05, 0.1) is 12.0 Å². The Hall–Kier alpha value is -3.87. The average Bonchev–Trinajstić information content (AvgIpc) is 3.30. The van der Waals surface area contributed by atoms with Crippen molar-refractivity contribution in [3.05, 3.63) is 77.9 Å². The van der Waals surface area contributed by atoms with E-state index in [1.807, 2.05) is 36.4 Å². The van der Waals surface area contributed by atoms with Crippen LogP contribution in [0.2, 0.25) is 0 Å². The van der Waals surface area contributed by atoms with E-state index in [1.165, 1.54) is 0 Å². The van der Waals surface area contributed by atoms with E-state index in [9.17, 15) is 14.4 Å². The molecule has 2 amide bonds. The average molecular weight is 447 g/mol. The lowest BCUT2D eigenvalue weighted by Crippen LogP contribution is -2.34.